The summed E-state index contributed by atoms with van der Waals surface area (Å²) in [5, 5.41) is 0. The first-order chi connectivity index (χ1) is 6.75. The lowest BCUT2D eigenvalue weighted by molar-refractivity contribution is 1.16. The summed E-state index contributed by atoms with van der Waals surface area (Å²) in [6, 6.07) is 7.39. The molecular formula is C9H7BrN4. The van der Waals surface area contributed by atoms with E-state index in [1.165, 1.54) is 0 Å². The van der Waals surface area contributed by atoms with Crippen molar-refractivity contribution in [3.8, 4) is 11.4 Å². The third kappa shape index (κ3) is 1.88. The van der Waals surface area contributed by atoms with E-state index in [1.54, 1.807) is 12.3 Å². The van der Waals surface area contributed by atoms with Gasteiger partial charge in [0, 0.05) is 6.20 Å². The van der Waals surface area contributed by atoms with E-state index in [1.807, 2.05) is 18.2 Å². The smallest absolute Gasteiger partial charge is 0.220 e. The molecule has 0 saturated carbocycles. The first-order valence-corrected chi connectivity index (χ1v) is 4.76. The Morgan fingerprint density at radius 1 is 1.07 bits per heavy atom. The highest BCUT2D eigenvalue weighted by molar-refractivity contribution is 9.10. The van der Waals surface area contributed by atoms with Gasteiger partial charge in [0.25, 0.3) is 0 Å². The summed E-state index contributed by atoms with van der Waals surface area (Å²) in [4.78, 5) is 12.1. The van der Waals surface area contributed by atoms with Crippen molar-refractivity contribution in [2.75, 3.05) is 5.73 Å². The lowest BCUT2D eigenvalue weighted by Gasteiger charge is -2.00. The molecule has 0 spiro atoms. The Hall–Kier alpha value is -1.49. The molecule has 0 unspecified atom stereocenters. The van der Waals surface area contributed by atoms with Crippen LogP contribution in [0.2, 0.25) is 0 Å². The molecule has 0 bridgehead atoms. The molecule has 0 amide bonds. The number of nitrogen functional groups attached to an aromatic ring is 1. The van der Waals surface area contributed by atoms with Crippen LogP contribution in [0.15, 0.2) is 35.1 Å². The number of halogens is 1. The third-order valence-electron chi connectivity index (χ3n) is 1.65. The van der Waals surface area contributed by atoms with Crippen LogP contribution in [0.4, 0.5) is 5.95 Å². The van der Waals surface area contributed by atoms with Gasteiger partial charge in [-0.1, -0.05) is 6.07 Å². The summed E-state index contributed by atoms with van der Waals surface area (Å²) < 4.78 is 0.771. The first kappa shape index (κ1) is 9.08. The second-order valence-electron chi connectivity index (χ2n) is 2.65. The van der Waals surface area contributed by atoms with Crippen molar-refractivity contribution in [2.45, 2.75) is 0 Å². The van der Waals surface area contributed by atoms with E-state index in [4.69, 9.17) is 5.73 Å². The van der Waals surface area contributed by atoms with Crippen molar-refractivity contribution in [1.82, 2.24) is 15.0 Å². The topological polar surface area (TPSA) is 64.7 Å². The van der Waals surface area contributed by atoms with Gasteiger partial charge in [0.15, 0.2) is 0 Å². The van der Waals surface area contributed by atoms with E-state index in [-0.39, 0.29) is 5.95 Å². The highest BCUT2D eigenvalue weighted by Gasteiger charge is 2.01. The lowest BCUT2D eigenvalue weighted by Crippen LogP contribution is -1.96. The van der Waals surface area contributed by atoms with Gasteiger partial charge in [-0.3, -0.25) is 0 Å². The molecule has 0 fully saturated rings. The maximum absolute atomic E-state index is 5.47. The Morgan fingerprint density at radius 2 is 1.86 bits per heavy atom. The van der Waals surface area contributed by atoms with Gasteiger partial charge in [-0.05, 0) is 34.1 Å². The van der Waals surface area contributed by atoms with Gasteiger partial charge in [-0.15, -0.1) is 0 Å². The molecule has 5 heteroatoms. The molecule has 4 nitrogen and oxygen atoms in total. The van der Waals surface area contributed by atoms with Gasteiger partial charge in [0.1, 0.15) is 4.60 Å². The van der Waals surface area contributed by atoms with Crippen LogP contribution < -0.4 is 5.73 Å². The number of aromatic nitrogens is 3. The van der Waals surface area contributed by atoms with Crippen LogP contribution in [0.5, 0.6) is 0 Å². The minimum Gasteiger partial charge on any atom is -0.368 e. The zero-order valence-corrected chi connectivity index (χ0v) is 8.77. The summed E-state index contributed by atoms with van der Waals surface area (Å²) in [6.45, 7) is 0. The Labute approximate surface area is 89.4 Å². The molecule has 0 aromatic carbocycles. The fourth-order valence-electron chi connectivity index (χ4n) is 1.07. The minimum absolute atomic E-state index is 0.254. The minimum atomic E-state index is 0.254. The molecule has 0 aliphatic rings. The number of hydrogen-bond acceptors (Lipinski definition) is 4. The summed E-state index contributed by atoms with van der Waals surface area (Å²) >= 11 is 3.29. The van der Waals surface area contributed by atoms with Crippen LogP contribution in [-0.4, -0.2) is 15.0 Å². The molecule has 0 aliphatic heterocycles. The van der Waals surface area contributed by atoms with E-state index in [9.17, 15) is 0 Å². The quantitative estimate of drug-likeness (QED) is 0.786. The van der Waals surface area contributed by atoms with E-state index in [0.29, 0.717) is 0 Å². The number of nitrogens with two attached hydrogens (primary N) is 1. The van der Waals surface area contributed by atoms with E-state index in [2.05, 4.69) is 30.9 Å². The molecule has 70 valence electrons. The van der Waals surface area contributed by atoms with Crippen molar-refractivity contribution < 1.29 is 0 Å². The van der Waals surface area contributed by atoms with Crippen molar-refractivity contribution in [2.24, 2.45) is 0 Å². The van der Waals surface area contributed by atoms with Crippen LogP contribution in [0.3, 0.4) is 0 Å². The predicted molar refractivity (Wildman–Crippen MR) is 57.4 cm³/mol. The second kappa shape index (κ2) is 3.71. The van der Waals surface area contributed by atoms with Gasteiger partial charge < -0.3 is 5.73 Å². The van der Waals surface area contributed by atoms with Crippen molar-refractivity contribution >= 4 is 21.9 Å². The van der Waals surface area contributed by atoms with Crippen LogP contribution >= 0.6 is 15.9 Å². The number of pyridine rings is 1. The molecule has 0 radical (unpaired) electrons. The normalized spacial score (nSPS) is 10.1. The van der Waals surface area contributed by atoms with Gasteiger partial charge >= 0.3 is 0 Å². The molecular weight excluding hydrogens is 244 g/mol. The maximum atomic E-state index is 5.47. The van der Waals surface area contributed by atoms with Gasteiger partial charge in [-0.2, -0.15) is 0 Å². The van der Waals surface area contributed by atoms with E-state index >= 15 is 0 Å². The summed E-state index contributed by atoms with van der Waals surface area (Å²) in [6.07, 6.45) is 1.61. The average Bonchev–Trinajstić information content (AvgIpc) is 2.18. The van der Waals surface area contributed by atoms with Crippen molar-refractivity contribution in [1.29, 1.82) is 0 Å². The van der Waals surface area contributed by atoms with Gasteiger partial charge in [-0.25, -0.2) is 15.0 Å². The Bertz CT molecular complexity index is 415. The molecule has 2 aromatic heterocycles. The molecule has 2 N–H and O–H groups in total. The Morgan fingerprint density at radius 3 is 2.57 bits per heavy atom. The van der Waals surface area contributed by atoms with E-state index < -0.39 is 0 Å². The van der Waals surface area contributed by atoms with Crippen molar-refractivity contribution in [3.05, 3.63) is 35.1 Å². The molecule has 0 atom stereocenters. The zero-order chi connectivity index (χ0) is 9.97. The molecule has 2 heterocycles. The zero-order valence-electron chi connectivity index (χ0n) is 7.18. The molecule has 14 heavy (non-hydrogen) atoms. The number of nitrogens with zero attached hydrogens (tertiary/aromatic N) is 3. The molecule has 0 aliphatic carbocycles. The van der Waals surface area contributed by atoms with Crippen molar-refractivity contribution in [3.63, 3.8) is 0 Å². The van der Waals surface area contributed by atoms with Gasteiger partial charge in [0.05, 0.1) is 11.4 Å². The molecule has 2 rings (SSSR count). The first-order valence-electron chi connectivity index (χ1n) is 3.97. The van der Waals surface area contributed by atoms with Crippen LogP contribution in [-0.2, 0) is 0 Å². The molecule has 2 aromatic rings. The largest absolute Gasteiger partial charge is 0.368 e. The van der Waals surface area contributed by atoms with Gasteiger partial charge in [0.2, 0.25) is 5.95 Å². The summed E-state index contributed by atoms with van der Waals surface area (Å²) in [5.74, 6) is 0.254. The van der Waals surface area contributed by atoms with Crippen LogP contribution in [0.25, 0.3) is 11.4 Å². The number of anilines is 1. The third-order valence-corrected chi connectivity index (χ3v) is 2.09. The highest BCUT2D eigenvalue weighted by Crippen LogP contribution is 2.16. The summed E-state index contributed by atoms with van der Waals surface area (Å²) in [7, 11) is 0. The monoisotopic (exact) mass is 250 g/mol. The average molecular weight is 251 g/mol. The maximum Gasteiger partial charge on any atom is 0.220 e. The number of hydrogen-bond donors (Lipinski definition) is 1. The Balaban J connectivity index is 2.49. The Kier molecular flexibility index (Phi) is 2.41. The fraction of sp³-hybridized carbons (Fsp3) is 0. The number of rotatable bonds is 1. The lowest BCUT2D eigenvalue weighted by atomic mass is 10.3. The van der Waals surface area contributed by atoms with Crippen LogP contribution in [0, 0.1) is 0 Å². The standard InChI is InChI=1S/C9H7BrN4/c10-8-3-1-2-6(13-8)7-4-5-12-9(11)14-7/h1-5H,(H2,11,12,14). The summed E-state index contributed by atoms with van der Waals surface area (Å²) in [5.41, 5.74) is 6.97. The van der Waals surface area contributed by atoms with E-state index in [0.717, 1.165) is 16.0 Å². The SMILES string of the molecule is Nc1nccc(-c2cccc(Br)n2)n1. The second-order valence-corrected chi connectivity index (χ2v) is 3.46. The fourth-order valence-corrected chi connectivity index (χ4v) is 1.41. The predicted octanol–water partition coefficient (Wildman–Crippen LogP) is 1.88. The highest BCUT2D eigenvalue weighted by atomic mass is 79.9. The van der Waals surface area contributed by atoms with Crippen LogP contribution in [0.1, 0.15) is 0 Å². The molecule has 0 saturated heterocycles.